The Labute approximate surface area is 131 Å². The van der Waals surface area contributed by atoms with Crippen molar-refractivity contribution in [2.75, 3.05) is 5.32 Å². The topological polar surface area (TPSA) is 12.0 Å². The number of nitrogens with one attached hydrogen (secondary N) is 1. The first kappa shape index (κ1) is 14.8. The van der Waals surface area contributed by atoms with Gasteiger partial charge in [0.15, 0.2) is 0 Å². The summed E-state index contributed by atoms with van der Waals surface area (Å²) in [6.07, 6.45) is 0. The number of hydrogen-bond acceptors (Lipinski definition) is 1. The van der Waals surface area contributed by atoms with E-state index in [2.05, 4.69) is 37.2 Å². The van der Waals surface area contributed by atoms with E-state index in [1.54, 1.807) is 18.2 Å². The predicted octanol–water partition coefficient (Wildman–Crippen LogP) is 5.76. The minimum absolute atomic E-state index is 0.0135. The van der Waals surface area contributed by atoms with Gasteiger partial charge in [-0.2, -0.15) is 0 Å². The van der Waals surface area contributed by atoms with Crippen molar-refractivity contribution in [3.05, 3.63) is 61.5 Å². The lowest BCUT2D eigenvalue weighted by Gasteiger charge is -2.10. The fraction of sp³-hybridized carbons (Fsp3) is 0.0769. The maximum atomic E-state index is 13.8. The van der Waals surface area contributed by atoms with Crippen molar-refractivity contribution in [3.8, 4) is 0 Å². The smallest absolute Gasteiger partial charge is 0.145 e. The van der Waals surface area contributed by atoms with Gasteiger partial charge in [0.2, 0.25) is 0 Å². The summed E-state index contributed by atoms with van der Waals surface area (Å²) in [6.45, 7) is 0.0468. The van der Waals surface area contributed by atoms with Gasteiger partial charge in [-0.15, -0.1) is 0 Å². The molecule has 0 amide bonds. The van der Waals surface area contributed by atoms with Gasteiger partial charge in [-0.1, -0.05) is 11.6 Å². The Morgan fingerprint density at radius 1 is 1.05 bits per heavy atom. The minimum atomic E-state index is -0.597. The van der Waals surface area contributed by atoms with Crippen molar-refractivity contribution in [1.29, 1.82) is 0 Å². The van der Waals surface area contributed by atoms with Crippen molar-refractivity contribution < 1.29 is 8.78 Å². The summed E-state index contributed by atoms with van der Waals surface area (Å²) in [4.78, 5) is 0. The van der Waals surface area contributed by atoms with E-state index in [9.17, 15) is 8.78 Å². The number of benzene rings is 2. The molecular formula is C13H8Br2ClF2N. The first-order valence-electron chi connectivity index (χ1n) is 5.30. The summed E-state index contributed by atoms with van der Waals surface area (Å²) in [5.41, 5.74) is 0.704. The zero-order valence-electron chi connectivity index (χ0n) is 9.48. The van der Waals surface area contributed by atoms with Gasteiger partial charge in [0.1, 0.15) is 11.6 Å². The largest absolute Gasteiger partial charge is 0.381 e. The third kappa shape index (κ3) is 3.46. The average molecular weight is 411 g/mol. The van der Waals surface area contributed by atoms with Gasteiger partial charge in [-0.3, -0.25) is 0 Å². The van der Waals surface area contributed by atoms with Crippen LogP contribution >= 0.6 is 43.5 Å². The third-order valence-corrected chi connectivity index (χ3v) is 4.35. The fourth-order valence-corrected chi connectivity index (χ4v) is 2.40. The van der Waals surface area contributed by atoms with E-state index in [0.717, 1.165) is 5.69 Å². The molecule has 0 fully saturated rings. The molecule has 0 heterocycles. The van der Waals surface area contributed by atoms with E-state index >= 15 is 0 Å². The van der Waals surface area contributed by atoms with Crippen molar-refractivity contribution in [1.82, 2.24) is 0 Å². The van der Waals surface area contributed by atoms with Crippen LogP contribution in [0.15, 0.2) is 39.3 Å². The highest BCUT2D eigenvalue weighted by molar-refractivity contribution is 9.10. The monoisotopic (exact) mass is 409 g/mol. The predicted molar refractivity (Wildman–Crippen MR) is 80.5 cm³/mol. The molecule has 0 unspecified atom stereocenters. The molecule has 2 rings (SSSR count). The second-order valence-electron chi connectivity index (χ2n) is 3.80. The molecule has 0 spiro atoms. The first-order valence-corrected chi connectivity index (χ1v) is 7.26. The molecule has 2 aromatic carbocycles. The van der Waals surface area contributed by atoms with Crippen molar-refractivity contribution in [3.63, 3.8) is 0 Å². The first-order chi connectivity index (χ1) is 8.99. The lowest BCUT2D eigenvalue weighted by Crippen LogP contribution is -2.05. The maximum Gasteiger partial charge on any atom is 0.145 e. The molecular weight excluding hydrogens is 403 g/mol. The molecule has 1 N–H and O–H groups in total. The normalized spacial score (nSPS) is 10.6. The van der Waals surface area contributed by atoms with E-state index in [-0.39, 0.29) is 16.6 Å². The summed E-state index contributed by atoms with van der Waals surface area (Å²) in [6, 6.07) is 7.74. The molecule has 0 atom stereocenters. The van der Waals surface area contributed by atoms with Crippen LogP contribution < -0.4 is 5.32 Å². The zero-order chi connectivity index (χ0) is 14.0. The summed E-state index contributed by atoms with van der Waals surface area (Å²) < 4.78 is 28.3. The lowest BCUT2D eigenvalue weighted by atomic mass is 10.2. The Hall–Kier alpha value is -0.650. The quantitative estimate of drug-likeness (QED) is 0.634. The molecule has 1 nitrogen and oxygen atoms in total. The van der Waals surface area contributed by atoms with Gasteiger partial charge < -0.3 is 5.32 Å². The van der Waals surface area contributed by atoms with E-state index in [1.165, 1.54) is 12.1 Å². The zero-order valence-corrected chi connectivity index (χ0v) is 13.4. The van der Waals surface area contributed by atoms with Crippen molar-refractivity contribution >= 4 is 49.1 Å². The molecule has 100 valence electrons. The average Bonchev–Trinajstić information content (AvgIpc) is 2.38. The van der Waals surface area contributed by atoms with Crippen LogP contribution in [0.2, 0.25) is 5.02 Å². The standard InChI is InChI=1S/C13H8Br2ClF2N/c14-9-2-4-12(17)8(13(9)18)6-19-7-1-3-11(16)10(15)5-7/h1-5,19H,6H2. The Balaban J connectivity index is 2.19. The second-order valence-corrected chi connectivity index (χ2v) is 5.92. The number of halogens is 5. The van der Waals surface area contributed by atoms with Gasteiger partial charge in [0, 0.05) is 22.3 Å². The van der Waals surface area contributed by atoms with E-state index < -0.39 is 11.6 Å². The van der Waals surface area contributed by atoms with Crippen LogP contribution in [0, 0.1) is 11.6 Å². The van der Waals surface area contributed by atoms with Crippen LogP contribution in [0.5, 0.6) is 0 Å². The van der Waals surface area contributed by atoms with Gasteiger partial charge >= 0.3 is 0 Å². The van der Waals surface area contributed by atoms with Crippen LogP contribution in [-0.2, 0) is 6.54 Å². The van der Waals surface area contributed by atoms with Gasteiger partial charge in [0.25, 0.3) is 0 Å². The summed E-state index contributed by atoms with van der Waals surface area (Å²) in [7, 11) is 0. The van der Waals surface area contributed by atoms with E-state index in [0.29, 0.717) is 9.50 Å². The molecule has 6 heteroatoms. The Morgan fingerprint density at radius 2 is 1.79 bits per heavy atom. The maximum absolute atomic E-state index is 13.8. The van der Waals surface area contributed by atoms with E-state index in [4.69, 9.17) is 11.6 Å². The molecule has 0 aromatic heterocycles. The van der Waals surface area contributed by atoms with Gasteiger partial charge in [0.05, 0.1) is 9.50 Å². The molecule has 0 radical (unpaired) electrons. The van der Waals surface area contributed by atoms with Crippen LogP contribution in [0.3, 0.4) is 0 Å². The number of anilines is 1. The molecule has 0 aliphatic heterocycles. The Morgan fingerprint density at radius 3 is 2.47 bits per heavy atom. The van der Waals surface area contributed by atoms with Gasteiger partial charge in [-0.25, -0.2) is 8.78 Å². The summed E-state index contributed by atoms with van der Waals surface area (Å²) in [5, 5.41) is 3.52. The molecule has 0 saturated carbocycles. The van der Waals surface area contributed by atoms with E-state index in [1.807, 2.05) is 0 Å². The van der Waals surface area contributed by atoms with Crippen LogP contribution in [-0.4, -0.2) is 0 Å². The summed E-state index contributed by atoms with van der Waals surface area (Å²) in [5.74, 6) is -1.18. The molecule has 0 aliphatic carbocycles. The SMILES string of the molecule is Fc1ccc(Br)c(F)c1CNc1ccc(Cl)c(Br)c1. The van der Waals surface area contributed by atoms with Crippen LogP contribution in [0.4, 0.5) is 14.5 Å². The minimum Gasteiger partial charge on any atom is -0.381 e. The van der Waals surface area contributed by atoms with Crippen molar-refractivity contribution in [2.45, 2.75) is 6.54 Å². The second kappa shape index (κ2) is 6.20. The third-order valence-electron chi connectivity index (χ3n) is 2.53. The number of hydrogen-bond donors (Lipinski definition) is 1. The molecule has 0 aliphatic rings. The molecule has 0 bridgehead atoms. The molecule has 0 saturated heterocycles. The highest BCUT2D eigenvalue weighted by atomic mass is 79.9. The van der Waals surface area contributed by atoms with Crippen LogP contribution in [0.1, 0.15) is 5.56 Å². The number of rotatable bonds is 3. The molecule has 2 aromatic rings. The van der Waals surface area contributed by atoms with Crippen LogP contribution in [0.25, 0.3) is 0 Å². The van der Waals surface area contributed by atoms with Crippen molar-refractivity contribution in [2.24, 2.45) is 0 Å². The summed E-state index contributed by atoms with van der Waals surface area (Å²) >= 11 is 12.2. The lowest BCUT2D eigenvalue weighted by molar-refractivity contribution is 0.555. The molecule has 19 heavy (non-hydrogen) atoms. The highest BCUT2D eigenvalue weighted by Crippen LogP contribution is 2.27. The Bertz CT molecular complexity index is 620. The Kier molecular flexibility index (Phi) is 4.81. The fourth-order valence-electron chi connectivity index (χ4n) is 1.53. The highest BCUT2D eigenvalue weighted by Gasteiger charge is 2.12. The van der Waals surface area contributed by atoms with Gasteiger partial charge in [-0.05, 0) is 62.2 Å².